The van der Waals surface area contributed by atoms with Crippen LogP contribution in [-0.2, 0) is 4.79 Å². The van der Waals surface area contributed by atoms with Gasteiger partial charge in [0, 0.05) is 0 Å². The van der Waals surface area contributed by atoms with Crippen LogP contribution in [0.3, 0.4) is 0 Å². The number of carbonyl (C=O) groups excluding carboxylic acids is 2. The van der Waals surface area contributed by atoms with E-state index >= 15 is 0 Å². The highest BCUT2D eigenvalue weighted by Gasteiger charge is 2.25. The van der Waals surface area contributed by atoms with Gasteiger partial charge in [-0.1, -0.05) is 11.6 Å². The summed E-state index contributed by atoms with van der Waals surface area (Å²) in [5.74, 6) is -1.31. The molecule has 0 bridgehead atoms. The van der Waals surface area contributed by atoms with E-state index in [1.54, 1.807) is 0 Å². The van der Waals surface area contributed by atoms with E-state index < -0.39 is 28.7 Å². The summed E-state index contributed by atoms with van der Waals surface area (Å²) in [6, 6.07) is -1.97. The van der Waals surface area contributed by atoms with Crippen LogP contribution in [0.15, 0.2) is 6.20 Å². The van der Waals surface area contributed by atoms with Crippen LogP contribution in [-0.4, -0.2) is 26.6 Å². The third kappa shape index (κ3) is 2.91. The van der Waals surface area contributed by atoms with Crippen LogP contribution >= 0.6 is 11.6 Å². The first kappa shape index (κ1) is 12.9. The zero-order chi connectivity index (χ0) is 13.2. The Balaban J connectivity index is 2.93. The van der Waals surface area contributed by atoms with Crippen molar-refractivity contribution in [3.8, 4) is 0 Å². The van der Waals surface area contributed by atoms with Crippen molar-refractivity contribution in [3.63, 3.8) is 0 Å². The van der Waals surface area contributed by atoms with Crippen molar-refractivity contribution >= 4 is 29.4 Å². The Kier molecular flexibility index (Phi) is 3.63. The van der Waals surface area contributed by atoms with Gasteiger partial charge in [0.1, 0.15) is 6.04 Å². The Morgan fingerprint density at radius 1 is 1.71 bits per heavy atom. The number of hydrogen-bond acceptors (Lipinski definition) is 5. The van der Waals surface area contributed by atoms with E-state index in [0.29, 0.717) is 0 Å². The smallest absolute Gasteiger partial charge is 0.358 e. The first-order valence-corrected chi connectivity index (χ1v) is 4.70. The second-order valence-corrected chi connectivity index (χ2v) is 3.47. The summed E-state index contributed by atoms with van der Waals surface area (Å²) in [6.45, 7) is 1.38. The van der Waals surface area contributed by atoms with Gasteiger partial charge in [-0.25, -0.2) is 4.79 Å². The fourth-order valence-electron chi connectivity index (χ4n) is 1.03. The van der Waals surface area contributed by atoms with Crippen molar-refractivity contribution in [1.29, 1.82) is 0 Å². The van der Waals surface area contributed by atoms with Crippen LogP contribution in [0.1, 0.15) is 13.0 Å². The SMILES string of the molecule is CC(C(=O)NC(N)=O)n1cc(Cl)c([N+](=O)[O-])n1. The molecular formula is C7H8ClN5O4. The van der Waals surface area contributed by atoms with Gasteiger partial charge < -0.3 is 15.8 Å². The molecule has 0 saturated carbocycles. The molecule has 1 atom stereocenters. The number of amides is 3. The van der Waals surface area contributed by atoms with E-state index in [4.69, 9.17) is 17.3 Å². The van der Waals surface area contributed by atoms with E-state index in [-0.39, 0.29) is 5.02 Å². The van der Waals surface area contributed by atoms with Gasteiger partial charge in [-0.2, -0.15) is 4.68 Å². The minimum atomic E-state index is -1.02. The average Bonchev–Trinajstić information content (AvgIpc) is 2.58. The molecule has 0 radical (unpaired) electrons. The highest BCUT2D eigenvalue weighted by atomic mass is 35.5. The van der Waals surface area contributed by atoms with Crippen molar-refractivity contribution in [2.75, 3.05) is 0 Å². The molecule has 0 aliphatic heterocycles. The maximum absolute atomic E-state index is 11.4. The van der Waals surface area contributed by atoms with Gasteiger partial charge in [0.25, 0.3) is 5.91 Å². The Morgan fingerprint density at radius 3 is 2.71 bits per heavy atom. The molecule has 1 aromatic heterocycles. The molecule has 3 amide bonds. The standard InChI is InChI=1S/C7H8ClN5O4/c1-3(6(14)10-7(9)15)12-2-4(8)5(11-12)13(16)17/h2-3H,1H3,(H3,9,10,14,15). The molecule has 0 aliphatic rings. The van der Waals surface area contributed by atoms with E-state index in [1.807, 2.05) is 5.32 Å². The fraction of sp³-hybridized carbons (Fsp3) is 0.286. The molecule has 1 heterocycles. The lowest BCUT2D eigenvalue weighted by atomic mass is 10.3. The van der Waals surface area contributed by atoms with Crippen LogP contribution in [0, 0.1) is 10.1 Å². The van der Waals surface area contributed by atoms with Crippen LogP contribution in [0.25, 0.3) is 0 Å². The topological polar surface area (TPSA) is 133 Å². The number of primary amides is 1. The maximum atomic E-state index is 11.4. The molecule has 1 unspecified atom stereocenters. The molecule has 1 rings (SSSR count). The summed E-state index contributed by atoms with van der Waals surface area (Å²) in [7, 11) is 0. The summed E-state index contributed by atoms with van der Waals surface area (Å²) >= 11 is 5.55. The van der Waals surface area contributed by atoms with Gasteiger partial charge in [-0.3, -0.25) is 10.1 Å². The molecular weight excluding hydrogens is 254 g/mol. The Morgan fingerprint density at radius 2 is 2.29 bits per heavy atom. The van der Waals surface area contributed by atoms with Gasteiger partial charge in [-0.05, 0) is 11.8 Å². The lowest BCUT2D eigenvalue weighted by Crippen LogP contribution is -2.39. The summed E-state index contributed by atoms with van der Waals surface area (Å²) in [4.78, 5) is 31.5. The van der Waals surface area contributed by atoms with Crippen molar-refractivity contribution in [3.05, 3.63) is 21.3 Å². The number of urea groups is 1. The van der Waals surface area contributed by atoms with Gasteiger partial charge in [0.2, 0.25) is 0 Å². The van der Waals surface area contributed by atoms with E-state index in [1.165, 1.54) is 6.92 Å². The number of nitrogens with zero attached hydrogens (tertiary/aromatic N) is 3. The predicted octanol–water partition coefficient (Wildman–Crippen LogP) is 0.201. The lowest BCUT2D eigenvalue weighted by Gasteiger charge is -2.06. The van der Waals surface area contributed by atoms with Crippen molar-refractivity contribution in [2.24, 2.45) is 5.73 Å². The molecule has 10 heteroatoms. The normalized spacial score (nSPS) is 11.9. The number of aromatic nitrogens is 2. The molecule has 0 spiro atoms. The molecule has 0 aliphatic carbocycles. The molecule has 0 fully saturated rings. The van der Waals surface area contributed by atoms with E-state index in [9.17, 15) is 19.7 Å². The Hall–Kier alpha value is -2.16. The molecule has 3 N–H and O–H groups in total. The van der Waals surface area contributed by atoms with Gasteiger partial charge in [0.05, 0.1) is 11.3 Å². The number of nitro groups is 1. The summed E-state index contributed by atoms with van der Waals surface area (Å²) in [5, 5.41) is 15.6. The third-order valence-corrected chi connectivity index (χ3v) is 2.13. The number of rotatable bonds is 3. The summed E-state index contributed by atoms with van der Waals surface area (Å²) in [6.07, 6.45) is 1.12. The Bertz CT molecular complexity index is 485. The van der Waals surface area contributed by atoms with E-state index in [0.717, 1.165) is 10.9 Å². The molecule has 17 heavy (non-hydrogen) atoms. The highest BCUT2D eigenvalue weighted by molar-refractivity contribution is 6.32. The fourth-order valence-corrected chi connectivity index (χ4v) is 1.23. The van der Waals surface area contributed by atoms with Gasteiger partial charge >= 0.3 is 11.8 Å². The van der Waals surface area contributed by atoms with Gasteiger partial charge in [0.15, 0.2) is 5.02 Å². The number of nitrogens with one attached hydrogen (secondary N) is 1. The predicted molar refractivity (Wildman–Crippen MR) is 56.3 cm³/mol. The maximum Gasteiger partial charge on any atom is 0.408 e. The Labute approximate surface area is 99.7 Å². The number of carbonyl (C=O) groups is 2. The molecule has 92 valence electrons. The second-order valence-electron chi connectivity index (χ2n) is 3.07. The monoisotopic (exact) mass is 261 g/mol. The van der Waals surface area contributed by atoms with Crippen LogP contribution in [0.4, 0.5) is 10.6 Å². The minimum absolute atomic E-state index is 0.200. The first-order chi connectivity index (χ1) is 7.82. The summed E-state index contributed by atoms with van der Waals surface area (Å²) in [5.41, 5.74) is 4.76. The first-order valence-electron chi connectivity index (χ1n) is 4.32. The largest absolute Gasteiger partial charge is 0.408 e. The zero-order valence-electron chi connectivity index (χ0n) is 8.58. The number of nitrogens with two attached hydrogens (primary N) is 1. The van der Waals surface area contributed by atoms with Crippen molar-refractivity contribution < 1.29 is 14.5 Å². The highest BCUT2D eigenvalue weighted by Crippen LogP contribution is 2.23. The minimum Gasteiger partial charge on any atom is -0.358 e. The third-order valence-electron chi connectivity index (χ3n) is 1.87. The average molecular weight is 262 g/mol. The number of halogens is 1. The number of hydrogen-bond donors (Lipinski definition) is 2. The second kappa shape index (κ2) is 4.78. The van der Waals surface area contributed by atoms with Crippen molar-refractivity contribution in [1.82, 2.24) is 15.1 Å². The van der Waals surface area contributed by atoms with Crippen LogP contribution in [0.2, 0.25) is 5.02 Å². The lowest BCUT2D eigenvalue weighted by molar-refractivity contribution is -0.389. The van der Waals surface area contributed by atoms with Crippen LogP contribution < -0.4 is 11.1 Å². The zero-order valence-corrected chi connectivity index (χ0v) is 9.34. The van der Waals surface area contributed by atoms with Gasteiger partial charge in [-0.15, -0.1) is 0 Å². The molecule has 1 aromatic rings. The van der Waals surface area contributed by atoms with Crippen LogP contribution in [0.5, 0.6) is 0 Å². The molecule has 0 aromatic carbocycles. The van der Waals surface area contributed by atoms with E-state index in [2.05, 4.69) is 5.10 Å². The molecule has 9 nitrogen and oxygen atoms in total. The number of imide groups is 1. The summed E-state index contributed by atoms with van der Waals surface area (Å²) < 4.78 is 0.971. The quantitative estimate of drug-likeness (QED) is 0.592. The van der Waals surface area contributed by atoms with Crippen molar-refractivity contribution in [2.45, 2.75) is 13.0 Å². The molecule has 0 saturated heterocycles.